The van der Waals surface area contributed by atoms with Gasteiger partial charge in [-0.3, -0.25) is 4.79 Å². The summed E-state index contributed by atoms with van der Waals surface area (Å²) in [5.74, 6) is 1.21. The number of hydrogen-bond acceptors (Lipinski definition) is 4. The Morgan fingerprint density at radius 2 is 1.75 bits per heavy atom. The molecule has 0 radical (unpaired) electrons. The molecule has 5 heteroatoms. The largest absolute Gasteiger partial charge is 0.497 e. The predicted octanol–water partition coefficient (Wildman–Crippen LogP) is 5.40. The van der Waals surface area contributed by atoms with E-state index in [-0.39, 0.29) is 11.9 Å². The molecule has 3 aromatic rings. The van der Waals surface area contributed by atoms with E-state index in [0.717, 1.165) is 22.4 Å². The highest BCUT2D eigenvalue weighted by Crippen LogP contribution is 2.39. The molecule has 0 saturated carbocycles. The summed E-state index contributed by atoms with van der Waals surface area (Å²) in [6.07, 6.45) is 3.95. The molecule has 1 heterocycles. The highest BCUT2D eigenvalue weighted by molar-refractivity contribution is 6.04. The van der Waals surface area contributed by atoms with Crippen LogP contribution < -0.4 is 9.47 Å². The second kappa shape index (κ2) is 9.52. The van der Waals surface area contributed by atoms with E-state index in [4.69, 9.17) is 14.6 Å². The molecule has 0 fully saturated rings. The summed E-state index contributed by atoms with van der Waals surface area (Å²) < 4.78 is 11.0. The summed E-state index contributed by atoms with van der Waals surface area (Å²) in [6, 6.07) is 23.3. The van der Waals surface area contributed by atoms with E-state index in [1.165, 1.54) is 5.56 Å². The number of hydrogen-bond donors (Lipinski definition) is 0. The first-order valence-electron chi connectivity index (χ1n) is 10.5. The maximum Gasteiger partial charge on any atom is 0.267 e. The van der Waals surface area contributed by atoms with Gasteiger partial charge in [-0.05, 0) is 42.3 Å². The van der Waals surface area contributed by atoms with Gasteiger partial charge in [-0.2, -0.15) is 5.10 Å². The van der Waals surface area contributed by atoms with Gasteiger partial charge in [-0.1, -0.05) is 60.2 Å². The minimum absolute atomic E-state index is 0.189. The maximum atomic E-state index is 13.2. The summed E-state index contributed by atoms with van der Waals surface area (Å²) in [7, 11) is 3.25. The molecule has 5 nitrogen and oxygen atoms in total. The fourth-order valence-electron chi connectivity index (χ4n) is 3.78. The number of carbonyl (C=O) groups is 1. The predicted molar refractivity (Wildman–Crippen MR) is 127 cm³/mol. The van der Waals surface area contributed by atoms with Crippen LogP contribution in [0.3, 0.4) is 0 Å². The minimum atomic E-state index is -0.302. The molecule has 4 rings (SSSR count). The zero-order valence-corrected chi connectivity index (χ0v) is 18.5. The van der Waals surface area contributed by atoms with Crippen LogP contribution in [0.4, 0.5) is 0 Å². The summed E-state index contributed by atoms with van der Waals surface area (Å²) in [5.41, 5.74) is 4.86. The van der Waals surface area contributed by atoms with Crippen molar-refractivity contribution < 1.29 is 14.3 Å². The highest BCUT2D eigenvalue weighted by Gasteiger charge is 2.34. The van der Waals surface area contributed by atoms with Crippen molar-refractivity contribution in [2.45, 2.75) is 19.4 Å². The van der Waals surface area contributed by atoms with Crippen LogP contribution in [-0.4, -0.2) is 30.8 Å². The van der Waals surface area contributed by atoms with E-state index in [1.54, 1.807) is 25.3 Å². The number of benzene rings is 3. The van der Waals surface area contributed by atoms with Crippen LogP contribution in [0.15, 0.2) is 84.0 Å². The zero-order chi connectivity index (χ0) is 22.5. The van der Waals surface area contributed by atoms with Crippen LogP contribution in [0.25, 0.3) is 6.08 Å². The number of hydrazone groups is 1. The summed E-state index contributed by atoms with van der Waals surface area (Å²) in [5, 5.41) is 6.29. The normalized spacial score (nSPS) is 15.7. The Morgan fingerprint density at radius 3 is 2.44 bits per heavy atom. The minimum Gasteiger partial charge on any atom is -0.497 e. The van der Waals surface area contributed by atoms with E-state index in [1.807, 2.05) is 73.7 Å². The summed E-state index contributed by atoms with van der Waals surface area (Å²) in [6.45, 7) is 2.05. The van der Waals surface area contributed by atoms with E-state index < -0.39 is 0 Å². The van der Waals surface area contributed by atoms with Gasteiger partial charge < -0.3 is 9.47 Å². The van der Waals surface area contributed by atoms with Crippen LogP contribution in [0.1, 0.15) is 34.7 Å². The standard InChI is InChI=1S/C27H26N2O3/c1-19-9-12-21(13-10-19)24-18-25(23-17-22(31-2)14-15-26(23)32-3)29(28-24)27(30)16-11-20-7-5-4-6-8-20/h4-17,25H,18H2,1-3H3/b16-11+/t25-/m1/s1. The number of nitrogens with zero attached hydrogens (tertiary/aromatic N) is 2. The van der Waals surface area contributed by atoms with Gasteiger partial charge in [0, 0.05) is 18.1 Å². The molecule has 32 heavy (non-hydrogen) atoms. The van der Waals surface area contributed by atoms with Gasteiger partial charge in [0.2, 0.25) is 0 Å². The average molecular weight is 427 g/mol. The smallest absolute Gasteiger partial charge is 0.267 e. The Balaban J connectivity index is 1.72. The second-order valence-corrected chi connectivity index (χ2v) is 7.67. The summed E-state index contributed by atoms with van der Waals surface area (Å²) in [4.78, 5) is 13.2. The molecule has 1 aliphatic rings. The van der Waals surface area contributed by atoms with Crippen molar-refractivity contribution >= 4 is 17.7 Å². The van der Waals surface area contributed by atoms with Crippen LogP contribution in [0, 0.1) is 6.92 Å². The molecule has 0 saturated heterocycles. The number of methoxy groups -OCH3 is 2. The summed E-state index contributed by atoms with van der Waals surface area (Å²) >= 11 is 0. The Bertz CT molecular complexity index is 1150. The molecule has 0 bridgehead atoms. The first-order chi connectivity index (χ1) is 15.6. The number of ether oxygens (including phenoxy) is 2. The van der Waals surface area contributed by atoms with Gasteiger partial charge in [0.25, 0.3) is 5.91 Å². The van der Waals surface area contributed by atoms with Crippen molar-refractivity contribution in [2.24, 2.45) is 5.10 Å². The van der Waals surface area contributed by atoms with Crippen molar-refractivity contribution in [1.29, 1.82) is 0 Å². The lowest BCUT2D eigenvalue weighted by Crippen LogP contribution is -2.25. The SMILES string of the molecule is COc1ccc(OC)c([C@H]2CC(c3ccc(C)cc3)=NN2C(=O)/C=C/c2ccccc2)c1. The lowest BCUT2D eigenvalue weighted by atomic mass is 9.97. The Labute approximate surface area is 188 Å². The van der Waals surface area contributed by atoms with E-state index in [0.29, 0.717) is 17.9 Å². The third-order valence-corrected chi connectivity index (χ3v) is 5.53. The van der Waals surface area contributed by atoms with E-state index >= 15 is 0 Å². The lowest BCUT2D eigenvalue weighted by Gasteiger charge is -2.23. The van der Waals surface area contributed by atoms with Gasteiger partial charge in [0.15, 0.2) is 0 Å². The number of carbonyl (C=O) groups excluding carboxylic acids is 1. The first kappa shape index (κ1) is 21.4. The molecule has 0 aromatic heterocycles. The van der Waals surface area contributed by atoms with Crippen LogP contribution >= 0.6 is 0 Å². The highest BCUT2D eigenvalue weighted by atomic mass is 16.5. The fraction of sp³-hybridized carbons (Fsp3) is 0.185. The first-order valence-corrected chi connectivity index (χ1v) is 10.5. The monoisotopic (exact) mass is 426 g/mol. The molecule has 0 aliphatic carbocycles. The number of aryl methyl sites for hydroxylation is 1. The average Bonchev–Trinajstić information content (AvgIpc) is 3.28. The lowest BCUT2D eigenvalue weighted by molar-refractivity contribution is -0.127. The van der Waals surface area contributed by atoms with Crippen molar-refractivity contribution in [3.63, 3.8) is 0 Å². The Morgan fingerprint density at radius 1 is 1.00 bits per heavy atom. The maximum absolute atomic E-state index is 13.2. The molecule has 1 atom stereocenters. The van der Waals surface area contributed by atoms with Crippen molar-refractivity contribution in [1.82, 2.24) is 5.01 Å². The van der Waals surface area contributed by atoms with Crippen molar-refractivity contribution in [3.8, 4) is 11.5 Å². The van der Waals surface area contributed by atoms with Gasteiger partial charge in [-0.15, -0.1) is 0 Å². The van der Waals surface area contributed by atoms with Gasteiger partial charge >= 0.3 is 0 Å². The number of rotatable bonds is 6. The van der Waals surface area contributed by atoms with Crippen molar-refractivity contribution in [3.05, 3.63) is 101 Å². The molecule has 0 unspecified atom stereocenters. The molecular weight excluding hydrogens is 400 g/mol. The Hall–Kier alpha value is -3.86. The quantitative estimate of drug-likeness (QED) is 0.496. The van der Waals surface area contributed by atoms with Crippen molar-refractivity contribution in [2.75, 3.05) is 14.2 Å². The molecule has 1 aliphatic heterocycles. The topological polar surface area (TPSA) is 51.1 Å². The van der Waals surface area contributed by atoms with E-state index in [9.17, 15) is 4.79 Å². The molecule has 0 spiro atoms. The van der Waals surface area contributed by atoms with Crippen LogP contribution in [0.2, 0.25) is 0 Å². The van der Waals surface area contributed by atoms with E-state index in [2.05, 4.69) is 12.1 Å². The number of amides is 1. The van der Waals surface area contributed by atoms with Gasteiger partial charge in [0.1, 0.15) is 11.5 Å². The van der Waals surface area contributed by atoms with Crippen LogP contribution in [-0.2, 0) is 4.79 Å². The third kappa shape index (κ3) is 4.57. The third-order valence-electron chi connectivity index (χ3n) is 5.53. The van der Waals surface area contributed by atoms with Gasteiger partial charge in [0.05, 0.1) is 26.0 Å². The molecule has 162 valence electrons. The molecule has 1 amide bonds. The second-order valence-electron chi connectivity index (χ2n) is 7.67. The fourth-order valence-corrected chi connectivity index (χ4v) is 3.78. The molecule has 0 N–H and O–H groups in total. The molecule has 3 aromatic carbocycles. The molecular formula is C27H26N2O3. The van der Waals surface area contributed by atoms with Gasteiger partial charge in [-0.25, -0.2) is 5.01 Å². The Kier molecular flexibility index (Phi) is 6.36. The van der Waals surface area contributed by atoms with Crippen LogP contribution in [0.5, 0.6) is 11.5 Å². The zero-order valence-electron chi connectivity index (χ0n) is 18.5.